The van der Waals surface area contributed by atoms with Crippen LogP contribution in [0.1, 0.15) is 51.5 Å². The average molecular weight is 531 g/mol. The normalized spacial score (nSPS) is 18.7. The Labute approximate surface area is 213 Å². The minimum atomic E-state index is -3.97. The highest BCUT2D eigenvalue weighted by molar-refractivity contribution is 7.84. The van der Waals surface area contributed by atoms with Crippen molar-refractivity contribution in [2.45, 2.75) is 31.2 Å². The number of benzene rings is 1. The lowest BCUT2D eigenvalue weighted by Crippen LogP contribution is -2.22. The van der Waals surface area contributed by atoms with Gasteiger partial charge in [-0.25, -0.2) is 15.1 Å². The first-order chi connectivity index (χ1) is 16.7. The number of anilines is 1. The highest BCUT2D eigenvalue weighted by Gasteiger charge is 2.28. The molecule has 1 unspecified atom stereocenters. The van der Waals surface area contributed by atoms with E-state index in [1.54, 1.807) is 12.1 Å². The van der Waals surface area contributed by atoms with E-state index in [1.807, 2.05) is 23.6 Å². The smallest absolute Gasteiger partial charge is 0.333 e. The van der Waals surface area contributed by atoms with Crippen molar-refractivity contribution in [1.29, 1.82) is 0 Å². The lowest BCUT2D eigenvalue weighted by molar-refractivity contribution is 0.104. The monoisotopic (exact) mass is 530 g/mol. The molecule has 0 bridgehead atoms. The minimum absolute atomic E-state index is 0.0121. The number of halogens is 1. The molecule has 11 heteroatoms. The fourth-order valence-corrected chi connectivity index (χ4v) is 5.65. The number of ketones is 1. The van der Waals surface area contributed by atoms with Crippen LogP contribution in [0.5, 0.6) is 0 Å². The number of thiophene rings is 1. The van der Waals surface area contributed by atoms with Crippen LogP contribution in [-0.4, -0.2) is 36.8 Å². The molecule has 4 rings (SSSR count). The van der Waals surface area contributed by atoms with Crippen LogP contribution in [0.15, 0.2) is 48.2 Å². The summed E-state index contributed by atoms with van der Waals surface area (Å²) < 4.78 is 26.8. The molecule has 0 amide bonds. The molecule has 1 aliphatic rings. The summed E-state index contributed by atoms with van der Waals surface area (Å²) in [5.74, 6) is 2.72. The van der Waals surface area contributed by atoms with Crippen LogP contribution < -0.4 is 10.5 Å². The van der Waals surface area contributed by atoms with E-state index in [-0.39, 0.29) is 30.3 Å². The van der Waals surface area contributed by atoms with Gasteiger partial charge in [-0.05, 0) is 59.9 Å². The van der Waals surface area contributed by atoms with Crippen molar-refractivity contribution in [1.82, 2.24) is 9.97 Å². The van der Waals surface area contributed by atoms with Gasteiger partial charge in [-0.2, -0.15) is 8.42 Å². The first kappa shape index (κ1) is 25.3. The lowest BCUT2D eigenvalue weighted by atomic mass is 9.93. The Hall–Kier alpha value is -2.81. The number of carbonyl (C=O) groups excluding carboxylic acids is 1. The molecular weight excluding hydrogens is 508 g/mol. The van der Waals surface area contributed by atoms with Crippen LogP contribution in [0.25, 0.3) is 0 Å². The molecule has 8 nitrogen and oxygen atoms in total. The third-order valence-electron chi connectivity index (χ3n) is 5.83. The van der Waals surface area contributed by atoms with Crippen LogP contribution in [0.4, 0.5) is 5.82 Å². The van der Waals surface area contributed by atoms with Gasteiger partial charge in [0.25, 0.3) is 0 Å². The van der Waals surface area contributed by atoms with Gasteiger partial charge in [0.05, 0.1) is 23.0 Å². The molecule has 0 aliphatic heterocycles. The summed E-state index contributed by atoms with van der Waals surface area (Å²) in [6.45, 7) is 0.0352. The first-order valence-corrected chi connectivity index (χ1v) is 13.5. The fraction of sp³-hybridized carbons (Fsp3) is 0.292. The summed E-state index contributed by atoms with van der Waals surface area (Å²) >= 11 is 7.43. The fourth-order valence-electron chi connectivity index (χ4n) is 4.18. The van der Waals surface area contributed by atoms with Crippen LogP contribution in [0, 0.1) is 18.3 Å². The quantitative estimate of drug-likeness (QED) is 0.316. The maximum absolute atomic E-state index is 13.4. The van der Waals surface area contributed by atoms with E-state index in [2.05, 4.69) is 21.2 Å². The molecule has 0 radical (unpaired) electrons. The maximum atomic E-state index is 13.4. The second-order valence-corrected chi connectivity index (χ2v) is 10.9. The zero-order valence-electron chi connectivity index (χ0n) is 18.6. The topological polar surface area (TPSA) is 124 Å². The molecule has 1 aliphatic carbocycles. The molecule has 1 saturated carbocycles. The Morgan fingerprint density at radius 1 is 1.34 bits per heavy atom. The van der Waals surface area contributed by atoms with Gasteiger partial charge in [-0.15, -0.1) is 17.8 Å². The van der Waals surface area contributed by atoms with Crippen molar-refractivity contribution >= 4 is 44.8 Å². The Bertz CT molecular complexity index is 1370. The van der Waals surface area contributed by atoms with Gasteiger partial charge in [0.2, 0.25) is 5.78 Å². The number of hydrogen-bond acceptors (Lipinski definition) is 8. The molecule has 3 N–H and O–H groups in total. The van der Waals surface area contributed by atoms with Crippen molar-refractivity contribution in [3.63, 3.8) is 0 Å². The summed E-state index contributed by atoms with van der Waals surface area (Å²) in [7, 11) is -3.97. The number of terminal acetylenes is 1. The Morgan fingerprint density at radius 2 is 2.17 bits per heavy atom. The molecule has 0 spiro atoms. The van der Waals surface area contributed by atoms with Crippen LogP contribution in [0.2, 0.25) is 5.02 Å². The molecule has 0 saturated heterocycles. The molecule has 2 aromatic heterocycles. The maximum Gasteiger partial charge on any atom is 0.333 e. The molecule has 3 aromatic rings. The van der Waals surface area contributed by atoms with Gasteiger partial charge in [-0.3, -0.25) is 8.98 Å². The van der Waals surface area contributed by atoms with E-state index >= 15 is 0 Å². The summed E-state index contributed by atoms with van der Waals surface area (Å²) in [5.41, 5.74) is 2.07. The lowest BCUT2D eigenvalue weighted by Gasteiger charge is -2.15. The van der Waals surface area contributed by atoms with Gasteiger partial charge >= 0.3 is 10.3 Å². The number of carbonyl (C=O) groups is 1. The molecule has 1 aromatic carbocycles. The van der Waals surface area contributed by atoms with Crippen molar-refractivity contribution in [2.75, 3.05) is 11.9 Å². The Morgan fingerprint density at radius 3 is 2.91 bits per heavy atom. The van der Waals surface area contributed by atoms with Gasteiger partial charge < -0.3 is 5.32 Å². The number of nitrogens with one attached hydrogen (secondary N) is 1. The van der Waals surface area contributed by atoms with Crippen molar-refractivity contribution in [3.05, 3.63) is 74.8 Å². The minimum Gasteiger partial charge on any atom is -0.367 e. The summed E-state index contributed by atoms with van der Waals surface area (Å²) in [6, 6.07) is 9.16. The van der Waals surface area contributed by atoms with Crippen molar-refractivity contribution in [2.24, 2.45) is 11.1 Å². The Kier molecular flexibility index (Phi) is 7.84. The highest BCUT2D eigenvalue weighted by Crippen LogP contribution is 2.32. The average Bonchev–Trinajstić information content (AvgIpc) is 3.48. The molecule has 1 fully saturated rings. The van der Waals surface area contributed by atoms with E-state index in [0.717, 1.165) is 24.0 Å². The molecular formula is C24H23ClN4O4S2. The van der Waals surface area contributed by atoms with E-state index in [4.69, 9.17) is 27.3 Å². The van der Waals surface area contributed by atoms with Crippen molar-refractivity contribution in [3.8, 4) is 12.3 Å². The van der Waals surface area contributed by atoms with Crippen molar-refractivity contribution < 1.29 is 17.4 Å². The second-order valence-electron chi connectivity index (χ2n) is 8.31. The zero-order valence-corrected chi connectivity index (χ0v) is 20.9. The second kappa shape index (κ2) is 10.8. The number of rotatable bonds is 9. The number of nitrogens with zero attached hydrogens (tertiary/aromatic N) is 2. The molecule has 182 valence electrons. The molecule has 2 heterocycles. The number of nitrogens with two attached hydrogens (primary N) is 1. The van der Waals surface area contributed by atoms with Crippen LogP contribution >= 0.6 is 22.9 Å². The summed E-state index contributed by atoms with van der Waals surface area (Å²) in [6.07, 6.45) is 10.9. The van der Waals surface area contributed by atoms with E-state index < -0.39 is 10.3 Å². The van der Waals surface area contributed by atoms with Crippen LogP contribution in [0.3, 0.4) is 0 Å². The summed E-state index contributed by atoms with van der Waals surface area (Å²) in [5, 5.41) is 10.7. The predicted molar refractivity (Wildman–Crippen MR) is 136 cm³/mol. The van der Waals surface area contributed by atoms with Gasteiger partial charge in [-0.1, -0.05) is 29.7 Å². The zero-order chi connectivity index (χ0) is 25.0. The van der Waals surface area contributed by atoms with E-state index in [0.29, 0.717) is 27.7 Å². The van der Waals surface area contributed by atoms with E-state index in [9.17, 15) is 13.2 Å². The predicted octanol–water partition coefficient (Wildman–Crippen LogP) is 3.99. The van der Waals surface area contributed by atoms with Gasteiger partial charge in [0.1, 0.15) is 12.1 Å². The number of aromatic nitrogens is 2. The standard InChI is InChI=1S/C24H23ClN4O4S2/c1-2-20(16-4-3-5-18(25)9-16)17-10-22(34-13-17)23(30)21-11-27-14-28-24(21)29-19-7-6-15(8-19)12-33-35(26,31)32/h1,3-5,9-11,13-15,19-20H,6-8,12H2,(H2,26,31,32)(H,27,28,29)/t15-,19+,20?/m1/s1. The van der Waals surface area contributed by atoms with Gasteiger partial charge in [0.15, 0.2) is 0 Å². The van der Waals surface area contributed by atoms with E-state index in [1.165, 1.54) is 23.9 Å². The third-order valence-corrected chi connectivity index (χ3v) is 7.48. The third kappa shape index (κ3) is 6.45. The van der Waals surface area contributed by atoms with Gasteiger partial charge in [0, 0.05) is 17.3 Å². The molecule has 3 atom stereocenters. The molecule has 35 heavy (non-hydrogen) atoms. The largest absolute Gasteiger partial charge is 0.367 e. The first-order valence-electron chi connectivity index (χ1n) is 10.8. The highest BCUT2D eigenvalue weighted by atomic mass is 35.5. The number of hydrogen-bond donors (Lipinski definition) is 2. The van der Waals surface area contributed by atoms with Crippen LogP contribution in [-0.2, 0) is 14.5 Å². The Balaban J connectivity index is 1.48. The summed E-state index contributed by atoms with van der Waals surface area (Å²) in [4.78, 5) is 22.2. The SMILES string of the molecule is C#CC(c1cccc(Cl)c1)c1csc(C(=O)c2cncnc2N[C@H]2CC[C@@H](COS(N)(=O)=O)C2)c1.